The van der Waals surface area contributed by atoms with Crippen LogP contribution in [0.2, 0.25) is 0 Å². The van der Waals surface area contributed by atoms with Crippen molar-refractivity contribution in [3.8, 4) is 0 Å². The highest BCUT2D eigenvalue weighted by Gasteiger charge is 2.11. The SMILES string of the molecule is CCCCCCCCCCCCCCOC(=O)c1ccc(C(=O)OCCCCCCCCCC)cc1. The minimum atomic E-state index is -0.325. The van der Waals surface area contributed by atoms with E-state index in [0.29, 0.717) is 24.3 Å². The molecule has 0 saturated heterocycles. The summed E-state index contributed by atoms with van der Waals surface area (Å²) in [6.45, 7) is 5.40. The van der Waals surface area contributed by atoms with Gasteiger partial charge in [0.2, 0.25) is 0 Å². The summed E-state index contributed by atoms with van der Waals surface area (Å²) in [5.41, 5.74) is 0.959. The van der Waals surface area contributed by atoms with Gasteiger partial charge in [0.1, 0.15) is 0 Å². The number of carbonyl (C=O) groups is 2. The first-order valence-corrected chi connectivity index (χ1v) is 15.1. The van der Waals surface area contributed by atoms with E-state index in [2.05, 4.69) is 13.8 Å². The van der Waals surface area contributed by atoms with Crippen molar-refractivity contribution in [2.24, 2.45) is 0 Å². The normalized spacial score (nSPS) is 10.9. The molecule has 0 bridgehead atoms. The number of ether oxygens (including phenoxy) is 2. The zero-order valence-electron chi connectivity index (χ0n) is 23.5. The number of rotatable bonds is 24. The second-order valence-electron chi connectivity index (χ2n) is 10.2. The van der Waals surface area contributed by atoms with Crippen LogP contribution in [0.5, 0.6) is 0 Å². The molecular weight excluding hydrogens is 448 g/mol. The van der Waals surface area contributed by atoms with Gasteiger partial charge in [0.05, 0.1) is 24.3 Å². The molecule has 4 heteroatoms. The highest BCUT2D eigenvalue weighted by molar-refractivity contribution is 5.93. The quantitative estimate of drug-likeness (QED) is 0.104. The van der Waals surface area contributed by atoms with Gasteiger partial charge in [0.15, 0.2) is 0 Å². The molecule has 0 unspecified atom stereocenters. The number of hydrogen-bond donors (Lipinski definition) is 0. The molecule has 0 aromatic heterocycles. The summed E-state index contributed by atoms with van der Waals surface area (Å²) < 4.78 is 10.8. The van der Waals surface area contributed by atoms with Gasteiger partial charge < -0.3 is 9.47 Å². The molecule has 1 rings (SSSR count). The Balaban J connectivity index is 2.03. The van der Waals surface area contributed by atoms with E-state index in [9.17, 15) is 9.59 Å². The number of hydrogen-bond acceptors (Lipinski definition) is 4. The van der Waals surface area contributed by atoms with E-state index in [1.807, 2.05) is 0 Å². The van der Waals surface area contributed by atoms with Crippen LogP contribution in [0.3, 0.4) is 0 Å². The molecule has 0 fully saturated rings. The van der Waals surface area contributed by atoms with Crippen molar-refractivity contribution in [1.29, 1.82) is 0 Å². The Kier molecular flexibility index (Phi) is 21.1. The molecular formula is C32H54O4. The minimum Gasteiger partial charge on any atom is -0.462 e. The third-order valence-corrected chi connectivity index (χ3v) is 6.82. The standard InChI is InChI=1S/C32H54O4/c1-3-5-7-9-11-13-14-15-16-18-20-22-28-36-32(34)30-25-23-29(24-26-30)31(33)35-27-21-19-17-12-10-8-6-4-2/h23-26H,3-22,27-28H2,1-2H3. The number of benzene rings is 1. The zero-order valence-corrected chi connectivity index (χ0v) is 23.5. The average molecular weight is 503 g/mol. The fourth-order valence-corrected chi connectivity index (χ4v) is 4.42. The van der Waals surface area contributed by atoms with E-state index < -0.39 is 0 Å². The van der Waals surface area contributed by atoms with Gasteiger partial charge in [-0.2, -0.15) is 0 Å². The fourth-order valence-electron chi connectivity index (χ4n) is 4.42. The van der Waals surface area contributed by atoms with Crippen LogP contribution in [0.4, 0.5) is 0 Å². The third kappa shape index (κ3) is 17.6. The molecule has 206 valence electrons. The Morgan fingerprint density at radius 1 is 0.444 bits per heavy atom. The summed E-state index contributed by atoms with van der Waals surface area (Å²) in [4.78, 5) is 24.4. The van der Waals surface area contributed by atoms with Gasteiger partial charge in [-0.15, -0.1) is 0 Å². The van der Waals surface area contributed by atoms with Gasteiger partial charge in [-0.05, 0) is 37.1 Å². The van der Waals surface area contributed by atoms with E-state index in [0.717, 1.165) is 25.7 Å². The average Bonchev–Trinajstić information content (AvgIpc) is 2.90. The topological polar surface area (TPSA) is 52.6 Å². The molecule has 1 aromatic rings. The van der Waals surface area contributed by atoms with E-state index in [-0.39, 0.29) is 11.9 Å². The minimum absolute atomic E-state index is 0.322. The third-order valence-electron chi connectivity index (χ3n) is 6.82. The van der Waals surface area contributed by atoms with Gasteiger partial charge in [0, 0.05) is 0 Å². The molecule has 0 saturated carbocycles. The maximum atomic E-state index is 12.2. The molecule has 0 aliphatic carbocycles. The predicted octanol–water partition coefficient (Wildman–Crippen LogP) is 9.84. The number of carbonyl (C=O) groups excluding carboxylic acids is 2. The van der Waals surface area contributed by atoms with Crippen LogP contribution in [0.25, 0.3) is 0 Å². The Bertz CT molecular complexity index is 653. The molecule has 0 N–H and O–H groups in total. The van der Waals surface area contributed by atoms with Gasteiger partial charge in [-0.3, -0.25) is 0 Å². The highest BCUT2D eigenvalue weighted by Crippen LogP contribution is 2.13. The zero-order chi connectivity index (χ0) is 26.1. The van der Waals surface area contributed by atoms with Crippen LogP contribution in [-0.2, 0) is 9.47 Å². The van der Waals surface area contributed by atoms with E-state index >= 15 is 0 Å². The maximum Gasteiger partial charge on any atom is 0.338 e. The van der Waals surface area contributed by atoms with Crippen molar-refractivity contribution in [1.82, 2.24) is 0 Å². The molecule has 0 atom stereocenters. The summed E-state index contributed by atoms with van der Waals surface area (Å²) >= 11 is 0. The molecule has 36 heavy (non-hydrogen) atoms. The van der Waals surface area contributed by atoms with E-state index in [1.54, 1.807) is 24.3 Å². The van der Waals surface area contributed by atoms with Crippen LogP contribution in [0.15, 0.2) is 24.3 Å². The Hall–Kier alpha value is -1.84. The van der Waals surface area contributed by atoms with Crippen LogP contribution in [0.1, 0.15) is 163 Å². The van der Waals surface area contributed by atoms with Crippen LogP contribution >= 0.6 is 0 Å². The molecule has 0 spiro atoms. The first-order valence-electron chi connectivity index (χ1n) is 15.1. The summed E-state index contributed by atoms with van der Waals surface area (Å²) in [7, 11) is 0. The van der Waals surface area contributed by atoms with Crippen molar-refractivity contribution in [3.05, 3.63) is 35.4 Å². The second-order valence-corrected chi connectivity index (χ2v) is 10.2. The molecule has 0 aliphatic heterocycles. The lowest BCUT2D eigenvalue weighted by Gasteiger charge is -2.07. The van der Waals surface area contributed by atoms with Crippen molar-refractivity contribution in [2.75, 3.05) is 13.2 Å². The van der Waals surface area contributed by atoms with Gasteiger partial charge in [-0.25, -0.2) is 9.59 Å². The Labute approximate surface area is 221 Å². The van der Waals surface area contributed by atoms with Gasteiger partial charge >= 0.3 is 11.9 Å². The van der Waals surface area contributed by atoms with Crippen molar-refractivity contribution in [2.45, 2.75) is 142 Å². The first-order chi connectivity index (χ1) is 17.7. The second kappa shape index (κ2) is 23.6. The largest absolute Gasteiger partial charge is 0.462 e. The summed E-state index contributed by atoms with van der Waals surface area (Å²) in [5, 5.41) is 0. The van der Waals surface area contributed by atoms with Crippen molar-refractivity contribution < 1.29 is 19.1 Å². The smallest absolute Gasteiger partial charge is 0.338 e. The monoisotopic (exact) mass is 502 g/mol. The van der Waals surface area contributed by atoms with Crippen molar-refractivity contribution in [3.63, 3.8) is 0 Å². The van der Waals surface area contributed by atoms with E-state index in [1.165, 1.54) is 103 Å². The first kappa shape index (κ1) is 32.2. The maximum absolute atomic E-state index is 12.2. The van der Waals surface area contributed by atoms with Crippen LogP contribution < -0.4 is 0 Å². The van der Waals surface area contributed by atoms with Gasteiger partial charge in [-0.1, -0.05) is 129 Å². The van der Waals surface area contributed by atoms with Crippen LogP contribution in [0, 0.1) is 0 Å². The van der Waals surface area contributed by atoms with E-state index in [4.69, 9.17) is 9.47 Å². The van der Waals surface area contributed by atoms with Crippen molar-refractivity contribution >= 4 is 11.9 Å². The molecule has 1 aromatic carbocycles. The highest BCUT2D eigenvalue weighted by atomic mass is 16.5. The predicted molar refractivity (Wildman–Crippen MR) is 151 cm³/mol. The molecule has 0 aliphatic rings. The molecule has 0 radical (unpaired) electrons. The molecule has 0 heterocycles. The van der Waals surface area contributed by atoms with Crippen LogP contribution in [-0.4, -0.2) is 25.2 Å². The summed E-state index contributed by atoms with van der Waals surface area (Å²) in [5.74, 6) is -0.647. The lowest BCUT2D eigenvalue weighted by atomic mass is 10.1. The molecule has 4 nitrogen and oxygen atoms in total. The summed E-state index contributed by atoms with van der Waals surface area (Å²) in [6.07, 6.45) is 25.1. The van der Waals surface area contributed by atoms with Gasteiger partial charge in [0.25, 0.3) is 0 Å². The molecule has 0 amide bonds. The lowest BCUT2D eigenvalue weighted by Crippen LogP contribution is -2.09. The lowest BCUT2D eigenvalue weighted by molar-refractivity contribution is 0.0483. The Morgan fingerprint density at radius 3 is 0.972 bits per heavy atom. The fraction of sp³-hybridized carbons (Fsp3) is 0.750. The summed E-state index contributed by atoms with van der Waals surface area (Å²) in [6, 6.07) is 6.60. The Morgan fingerprint density at radius 2 is 0.694 bits per heavy atom. The number of esters is 2. The number of unbranched alkanes of at least 4 members (excludes halogenated alkanes) is 18.